The second-order valence-electron chi connectivity index (χ2n) is 4.86. The van der Waals surface area contributed by atoms with Gasteiger partial charge in [0.15, 0.2) is 0 Å². The Morgan fingerprint density at radius 2 is 1.94 bits per heavy atom. The van der Waals surface area contributed by atoms with Crippen molar-refractivity contribution in [3.05, 3.63) is 60.3 Å². The highest BCUT2D eigenvalue weighted by Crippen LogP contribution is 2.30. The number of benzene rings is 1. The molecule has 1 aliphatic heterocycles. The summed E-state index contributed by atoms with van der Waals surface area (Å²) in [5.74, 6) is 0. The Bertz CT molecular complexity index is 394. The molecule has 1 heterocycles. The van der Waals surface area contributed by atoms with Crippen molar-refractivity contribution in [2.45, 2.75) is 31.0 Å². The first-order valence-corrected chi connectivity index (χ1v) is 8.81. The fourth-order valence-electron chi connectivity index (χ4n) is 2.79. The van der Waals surface area contributed by atoms with Gasteiger partial charge < -0.3 is 0 Å². The van der Waals surface area contributed by atoms with E-state index >= 15 is 0 Å². The molecule has 0 aromatic heterocycles. The molecule has 0 bridgehead atoms. The van der Waals surface area contributed by atoms with Gasteiger partial charge >= 0.3 is 0 Å². The van der Waals surface area contributed by atoms with Crippen LogP contribution in [-0.4, -0.2) is 8.07 Å². The van der Waals surface area contributed by atoms with Gasteiger partial charge in [0.05, 0.1) is 8.07 Å². The molecule has 0 saturated carbocycles. The van der Waals surface area contributed by atoms with Gasteiger partial charge in [0.25, 0.3) is 0 Å². The summed E-state index contributed by atoms with van der Waals surface area (Å²) in [5, 5.41) is 0. The van der Waals surface area contributed by atoms with E-state index < -0.39 is 8.07 Å². The van der Waals surface area contributed by atoms with Crippen LogP contribution in [0.25, 0.3) is 0 Å². The predicted molar refractivity (Wildman–Crippen MR) is 74.2 cm³/mol. The molecule has 0 N–H and O–H groups in total. The summed E-state index contributed by atoms with van der Waals surface area (Å²) in [7, 11) is -1.31. The molecule has 84 valence electrons. The highest BCUT2D eigenvalue weighted by atomic mass is 28.3. The summed E-state index contributed by atoms with van der Waals surface area (Å²) < 4.78 is 0. The Balaban J connectivity index is 2.33. The van der Waals surface area contributed by atoms with Crippen molar-refractivity contribution in [3.8, 4) is 0 Å². The molecule has 2 rings (SSSR count). The van der Waals surface area contributed by atoms with Crippen LogP contribution in [0.1, 0.15) is 17.5 Å². The molecule has 0 saturated heterocycles. The standard InChI is InChI=1S/C15H20Si/c1-3-11-16(4-2)12-7-10-14-8-5-6-9-15(14)13-16/h3-6,8-9H,1-2,7,10-13H2. The van der Waals surface area contributed by atoms with Gasteiger partial charge in [-0.3, -0.25) is 0 Å². The summed E-state index contributed by atoms with van der Waals surface area (Å²) in [6.45, 7) is 8.02. The van der Waals surface area contributed by atoms with Gasteiger partial charge in [-0.25, -0.2) is 0 Å². The van der Waals surface area contributed by atoms with Crippen LogP contribution in [0, 0.1) is 0 Å². The lowest BCUT2D eigenvalue weighted by atomic mass is 10.1. The van der Waals surface area contributed by atoms with Gasteiger partial charge in [0.2, 0.25) is 0 Å². The lowest BCUT2D eigenvalue weighted by Gasteiger charge is -2.25. The van der Waals surface area contributed by atoms with E-state index in [1.807, 2.05) is 0 Å². The molecule has 0 aliphatic carbocycles. The topological polar surface area (TPSA) is 0 Å². The summed E-state index contributed by atoms with van der Waals surface area (Å²) in [5.41, 5.74) is 5.41. The average Bonchev–Trinajstić information content (AvgIpc) is 2.49. The van der Waals surface area contributed by atoms with Crippen LogP contribution in [0.2, 0.25) is 12.1 Å². The van der Waals surface area contributed by atoms with Gasteiger partial charge in [-0.05, 0) is 29.6 Å². The van der Waals surface area contributed by atoms with Crippen molar-refractivity contribution in [2.75, 3.05) is 0 Å². The molecule has 0 nitrogen and oxygen atoms in total. The van der Waals surface area contributed by atoms with Crippen LogP contribution in [0.3, 0.4) is 0 Å². The fraction of sp³-hybridized carbons (Fsp3) is 0.333. The minimum Gasteiger partial charge on any atom is -0.107 e. The molecule has 0 fully saturated rings. The van der Waals surface area contributed by atoms with Crippen molar-refractivity contribution < 1.29 is 0 Å². The van der Waals surface area contributed by atoms with Gasteiger partial charge in [-0.1, -0.05) is 42.8 Å². The molecule has 0 spiro atoms. The number of hydrogen-bond donors (Lipinski definition) is 0. The van der Waals surface area contributed by atoms with Crippen molar-refractivity contribution in [1.82, 2.24) is 0 Å². The monoisotopic (exact) mass is 228 g/mol. The number of rotatable bonds is 3. The van der Waals surface area contributed by atoms with Crippen molar-refractivity contribution >= 4 is 8.07 Å². The number of allylic oxidation sites excluding steroid dienone is 1. The number of hydrogen-bond acceptors (Lipinski definition) is 0. The van der Waals surface area contributed by atoms with Crippen LogP contribution < -0.4 is 0 Å². The van der Waals surface area contributed by atoms with Crippen molar-refractivity contribution in [3.63, 3.8) is 0 Å². The van der Waals surface area contributed by atoms with Crippen LogP contribution in [-0.2, 0) is 12.5 Å². The molecule has 1 aliphatic rings. The van der Waals surface area contributed by atoms with E-state index in [-0.39, 0.29) is 0 Å². The molecule has 0 radical (unpaired) electrons. The van der Waals surface area contributed by atoms with Crippen LogP contribution in [0.5, 0.6) is 0 Å². The van der Waals surface area contributed by atoms with Crippen LogP contribution in [0.4, 0.5) is 0 Å². The van der Waals surface area contributed by atoms with E-state index in [0.717, 1.165) is 0 Å². The van der Waals surface area contributed by atoms with E-state index in [4.69, 9.17) is 0 Å². The van der Waals surface area contributed by atoms with E-state index in [1.165, 1.54) is 31.0 Å². The Kier molecular flexibility index (Phi) is 3.45. The van der Waals surface area contributed by atoms with Gasteiger partial charge in [-0.15, -0.1) is 18.9 Å². The Morgan fingerprint density at radius 3 is 2.62 bits per heavy atom. The normalized spacial score (nSPS) is 24.2. The molecule has 1 atom stereocenters. The summed E-state index contributed by atoms with van der Waals surface area (Å²) in [6.07, 6.45) is 4.67. The maximum atomic E-state index is 4.10. The third-order valence-electron chi connectivity index (χ3n) is 3.77. The molecule has 1 aromatic rings. The maximum Gasteiger partial charge on any atom is 0.0850 e. The summed E-state index contributed by atoms with van der Waals surface area (Å²) in [6, 6.07) is 12.7. The lowest BCUT2D eigenvalue weighted by molar-refractivity contribution is 0.911. The fourth-order valence-corrected chi connectivity index (χ4v) is 6.39. The average molecular weight is 228 g/mol. The van der Waals surface area contributed by atoms with Crippen LogP contribution >= 0.6 is 0 Å². The summed E-state index contributed by atoms with van der Waals surface area (Å²) >= 11 is 0. The Labute approximate surface area is 99.7 Å². The largest absolute Gasteiger partial charge is 0.107 e. The number of fused-ring (bicyclic) bond motifs is 1. The molecule has 1 aromatic carbocycles. The van der Waals surface area contributed by atoms with Gasteiger partial charge in [0.1, 0.15) is 0 Å². The first-order valence-electron chi connectivity index (χ1n) is 6.11. The van der Waals surface area contributed by atoms with Crippen molar-refractivity contribution in [2.24, 2.45) is 0 Å². The molecule has 1 heteroatoms. The highest BCUT2D eigenvalue weighted by molar-refractivity contribution is 6.84. The minimum atomic E-state index is -1.31. The van der Waals surface area contributed by atoms with E-state index in [9.17, 15) is 0 Å². The second kappa shape index (κ2) is 4.83. The highest BCUT2D eigenvalue weighted by Gasteiger charge is 2.30. The maximum absolute atomic E-state index is 4.10. The van der Waals surface area contributed by atoms with Crippen LogP contribution in [0.15, 0.2) is 49.2 Å². The first-order chi connectivity index (χ1) is 7.79. The third-order valence-corrected chi connectivity index (χ3v) is 8.17. The second-order valence-corrected chi connectivity index (χ2v) is 9.25. The first kappa shape index (κ1) is 11.4. The Morgan fingerprint density at radius 1 is 1.19 bits per heavy atom. The third kappa shape index (κ3) is 2.19. The quantitative estimate of drug-likeness (QED) is 0.540. The Hall–Kier alpha value is -1.08. The zero-order valence-corrected chi connectivity index (χ0v) is 10.9. The molecular weight excluding hydrogens is 208 g/mol. The van der Waals surface area contributed by atoms with E-state index in [0.29, 0.717) is 0 Å². The van der Waals surface area contributed by atoms with E-state index in [2.05, 4.69) is 49.2 Å². The van der Waals surface area contributed by atoms with Gasteiger partial charge in [0, 0.05) is 0 Å². The molecular formula is C15H20Si. The minimum absolute atomic E-state index is 1.19. The molecule has 0 amide bonds. The summed E-state index contributed by atoms with van der Waals surface area (Å²) in [4.78, 5) is 0. The SMILES string of the molecule is C=CC[Si]1(C=C)CCCc2ccccc2C1. The van der Waals surface area contributed by atoms with E-state index in [1.54, 1.807) is 11.1 Å². The van der Waals surface area contributed by atoms with Gasteiger partial charge in [-0.2, -0.15) is 0 Å². The lowest BCUT2D eigenvalue weighted by Crippen LogP contribution is -2.33. The predicted octanol–water partition coefficient (Wildman–Crippen LogP) is 4.07. The van der Waals surface area contributed by atoms with Crippen molar-refractivity contribution in [1.29, 1.82) is 0 Å². The molecule has 1 unspecified atom stereocenters. The zero-order chi connectivity index (χ0) is 11.4. The molecule has 16 heavy (non-hydrogen) atoms. The zero-order valence-electron chi connectivity index (χ0n) is 9.91. The number of aryl methyl sites for hydroxylation is 1. The smallest absolute Gasteiger partial charge is 0.0850 e.